The van der Waals surface area contributed by atoms with E-state index >= 15 is 0 Å². The molecule has 2 aromatic rings. The second kappa shape index (κ2) is 3.46. The number of hydrogen-bond acceptors (Lipinski definition) is 2. The van der Waals surface area contributed by atoms with Crippen molar-refractivity contribution in [3.8, 4) is 5.69 Å². The Labute approximate surface area is 82.0 Å². The van der Waals surface area contributed by atoms with Gasteiger partial charge >= 0.3 is 0 Å². The van der Waals surface area contributed by atoms with Gasteiger partial charge in [0.2, 0.25) is 0 Å². The number of aryl methyl sites for hydroxylation is 1. The number of benzene rings is 1. The molecule has 0 N–H and O–H groups in total. The maximum absolute atomic E-state index is 10.5. The molecule has 1 aromatic carbocycles. The molecule has 70 valence electrons. The number of carbonyl (C=O) groups is 1. The van der Waals surface area contributed by atoms with Gasteiger partial charge in [0.25, 0.3) is 0 Å². The van der Waals surface area contributed by atoms with Gasteiger partial charge in [-0.15, -0.1) is 0 Å². The van der Waals surface area contributed by atoms with Crippen LogP contribution in [0.15, 0.2) is 36.5 Å². The minimum Gasteiger partial charge on any atom is -0.296 e. The van der Waals surface area contributed by atoms with Gasteiger partial charge in [-0.05, 0) is 24.6 Å². The zero-order chi connectivity index (χ0) is 9.97. The second-order valence-electron chi connectivity index (χ2n) is 3.09. The zero-order valence-electron chi connectivity index (χ0n) is 7.84. The summed E-state index contributed by atoms with van der Waals surface area (Å²) in [5, 5.41) is 4.11. The average molecular weight is 186 g/mol. The quantitative estimate of drug-likeness (QED) is 0.672. The Kier molecular flexibility index (Phi) is 2.14. The molecule has 0 aliphatic heterocycles. The van der Waals surface area contributed by atoms with E-state index in [0.717, 1.165) is 17.5 Å². The Balaban J connectivity index is 2.49. The molecule has 0 atom stereocenters. The molecule has 3 nitrogen and oxygen atoms in total. The predicted octanol–water partition coefficient (Wildman–Crippen LogP) is 1.99. The molecule has 0 radical (unpaired) electrons. The lowest BCUT2D eigenvalue weighted by atomic mass is 10.2. The smallest absolute Gasteiger partial charge is 0.170 e. The van der Waals surface area contributed by atoms with E-state index in [1.165, 1.54) is 0 Å². The van der Waals surface area contributed by atoms with Crippen molar-refractivity contribution in [1.82, 2.24) is 9.78 Å². The Hall–Kier alpha value is -1.90. The number of aldehydes is 1. The number of nitrogens with zero attached hydrogens (tertiary/aromatic N) is 2. The molecule has 1 heterocycles. The zero-order valence-corrected chi connectivity index (χ0v) is 7.84. The molecular weight excluding hydrogens is 176 g/mol. The van der Waals surface area contributed by atoms with Crippen LogP contribution in [0, 0.1) is 6.92 Å². The van der Waals surface area contributed by atoms with Crippen LogP contribution in [0.5, 0.6) is 0 Å². The minimum atomic E-state index is 0.452. The molecule has 0 saturated heterocycles. The van der Waals surface area contributed by atoms with Crippen LogP contribution in [0.3, 0.4) is 0 Å². The van der Waals surface area contributed by atoms with E-state index < -0.39 is 0 Å². The molecule has 0 aliphatic carbocycles. The van der Waals surface area contributed by atoms with Crippen molar-refractivity contribution in [3.05, 3.63) is 47.8 Å². The molecule has 0 spiro atoms. The SMILES string of the molecule is Cc1ccccc1-n1ccc(C=O)n1. The third-order valence-electron chi connectivity index (χ3n) is 2.09. The highest BCUT2D eigenvalue weighted by atomic mass is 16.1. The van der Waals surface area contributed by atoms with Crippen LogP contribution in [0.4, 0.5) is 0 Å². The largest absolute Gasteiger partial charge is 0.296 e. The number of carbonyl (C=O) groups excluding carboxylic acids is 1. The number of rotatable bonds is 2. The van der Waals surface area contributed by atoms with Crippen molar-refractivity contribution in [1.29, 1.82) is 0 Å². The van der Waals surface area contributed by atoms with Crippen molar-refractivity contribution in [2.24, 2.45) is 0 Å². The summed E-state index contributed by atoms with van der Waals surface area (Å²) in [5.41, 5.74) is 2.59. The standard InChI is InChI=1S/C11H10N2O/c1-9-4-2-3-5-11(9)13-7-6-10(8-14)12-13/h2-8H,1H3. The molecule has 2 rings (SSSR count). The van der Waals surface area contributed by atoms with Gasteiger partial charge < -0.3 is 0 Å². The van der Waals surface area contributed by atoms with Gasteiger partial charge in [0, 0.05) is 6.20 Å². The Bertz CT molecular complexity index is 460. The minimum absolute atomic E-state index is 0.452. The van der Waals surface area contributed by atoms with Crippen molar-refractivity contribution < 1.29 is 4.79 Å². The molecule has 0 unspecified atom stereocenters. The molecule has 0 amide bonds. The monoisotopic (exact) mass is 186 g/mol. The highest BCUT2D eigenvalue weighted by molar-refractivity contribution is 5.71. The lowest BCUT2D eigenvalue weighted by molar-refractivity contribution is 0.111. The predicted molar refractivity (Wildman–Crippen MR) is 53.7 cm³/mol. The molecule has 14 heavy (non-hydrogen) atoms. The van der Waals surface area contributed by atoms with E-state index in [-0.39, 0.29) is 0 Å². The van der Waals surface area contributed by atoms with Gasteiger partial charge in [-0.2, -0.15) is 5.10 Å². The number of aromatic nitrogens is 2. The van der Waals surface area contributed by atoms with Crippen LogP contribution in [-0.2, 0) is 0 Å². The highest BCUT2D eigenvalue weighted by Crippen LogP contribution is 2.11. The topological polar surface area (TPSA) is 34.9 Å². The molecular formula is C11H10N2O. The Morgan fingerprint density at radius 1 is 1.29 bits per heavy atom. The van der Waals surface area contributed by atoms with E-state index in [0.29, 0.717) is 5.69 Å². The molecule has 3 heteroatoms. The number of para-hydroxylation sites is 1. The summed E-state index contributed by atoms with van der Waals surface area (Å²) < 4.78 is 1.71. The van der Waals surface area contributed by atoms with Crippen LogP contribution in [0.25, 0.3) is 5.69 Å². The van der Waals surface area contributed by atoms with E-state index in [2.05, 4.69) is 5.10 Å². The second-order valence-corrected chi connectivity index (χ2v) is 3.09. The van der Waals surface area contributed by atoms with Crippen molar-refractivity contribution in [2.75, 3.05) is 0 Å². The first-order valence-corrected chi connectivity index (χ1v) is 4.38. The lowest BCUT2D eigenvalue weighted by Crippen LogP contribution is -1.97. The van der Waals surface area contributed by atoms with Crippen LogP contribution < -0.4 is 0 Å². The van der Waals surface area contributed by atoms with Gasteiger partial charge in [0.05, 0.1) is 5.69 Å². The fourth-order valence-corrected chi connectivity index (χ4v) is 1.36. The third kappa shape index (κ3) is 1.44. The summed E-state index contributed by atoms with van der Waals surface area (Å²) in [4.78, 5) is 10.5. The summed E-state index contributed by atoms with van der Waals surface area (Å²) in [7, 11) is 0. The molecule has 1 aromatic heterocycles. The van der Waals surface area contributed by atoms with Crippen molar-refractivity contribution >= 4 is 6.29 Å². The van der Waals surface area contributed by atoms with Crippen LogP contribution in [0.2, 0.25) is 0 Å². The Morgan fingerprint density at radius 2 is 2.07 bits per heavy atom. The van der Waals surface area contributed by atoms with Crippen LogP contribution in [0.1, 0.15) is 16.1 Å². The fourth-order valence-electron chi connectivity index (χ4n) is 1.36. The van der Waals surface area contributed by atoms with E-state index in [1.54, 1.807) is 16.9 Å². The van der Waals surface area contributed by atoms with E-state index in [1.807, 2.05) is 31.2 Å². The molecule has 0 saturated carbocycles. The first kappa shape index (κ1) is 8.69. The maximum atomic E-state index is 10.5. The average Bonchev–Trinajstić information content (AvgIpc) is 2.67. The summed E-state index contributed by atoms with van der Waals surface area (Å²) in [6.07, 6.45) is 2.53. The van der Waals surface area contributed by atoms with E-state index in [4.69, 9.17) is 0 Å². The molecule has 0 aliphatic rings. The van der Waals surface area contributed by atoms with Gasteiger partial charge in [-0.1, -0.05) is 18.2 Å². The van der Waals surface area contributed by atoms with E-state index in [9.17, 15) is 4.79 Å². The summed E-state index contributed by atoms with van der Waals surface area (Å²) in [5.74, 6) is 0. The third-order valence-corrected chi connectivity index (χ3v) is 2.09. The van der Waals surface area contributed by atoms with Crippen molar-refractivity contribution in [2.45, 2.75) is 6.92 Å². The maximum Gasteiger partial charge on any atom is 0.170 e. The van der Waals surface area contributed by atoms with Crippen LogP contribution >= 0.6 is 0 Å². The van der Waals surface area contributed by atoms with Gasteiger partial charge in [-0.3, -0.25) is 4.79 Å². The van der Waals surface area contributed by atoms with Gasteiger partial charge in [-0.25, -0.2) is 4.68 Å². The lowest BCUT2D eigenvalue weighted by Gasteiger charge is -2.03. The Morgan fingerprint density at radius 3 is 2.71 bits per heavy atom. The fraction of sp³-hybridized carbons (Fsp3) is 0.0909. The molecule has 0 bridgehead atoms. The first-order chi connectivity index (χ1) is 6.81. The normalized spacial score (nSPS) is 10.1. The summed E-state index contributed by atoms with van der Waals surface area (Å²) >= 11 is 0. The van der Waals surface area contributed by atoms with Crippen LogP contribution in [-0.4, -0.2) is 16.1 Å². The number of hydrogen-bond donors (Lipinski definition) is 0. The van der Waals surface area contributed by atoms with Crippen molar-refractivity contribution in [3.63, 3.8) is 0 Å². The first-order valence-electron chi connectivity index (χ1n) is 4.38. The van der Waals surface area contributed by atoms with Gasteiger partial charge in [0.15, 0.2) is 6.29 Å². The summed E-state index contributed by atoms with van der Waals surface area (Å²) in [6.45, 7) is 2.01. The molecule has 0 fully saturated rings. The highest BCUT2D eigenvalue weighted by Gasteiger charge is 2.01. The summed E-state index contributed by atoms with van der Waals surface area (Å²) in [6, 6.07) is 9.60. The van der Waals surface area contributed by atoms with Gasteiger partial charge in [0.1, 0.15) is 5.69 Å².